The summed E-state index contributed by atoms with van der Waals surface area (Å²) in [7, 11) is -1.98. The van der Waals surface area contributed by atoms with E-state index in [1.807, 2.05) is 0 Å². The van der Waals surface area contributed by atoms with Crippen LogP contribution < -0.4 is 10.1 Å². The highest BCUT2D eigenvalue weighted by Gasteiger charge is 2.22. The van der Waals surface area contributed by atoms with Crippen molar-refractivity contribution in [3.63, 3.8) is 0 Å². The number of carbonyl (C=O) groups excluding carboxylic acids is 1. The normalized spacial score (nSPS) is 15.8. The zero-order valence-electron chi connectivity index (χ0n) is 15.9. The molecule has 0 saturated heterocycles. The van der Waals surface area contributed by atoms with Crippen LogP contribution in [0.15, 0.2) is 33.7 Å². The number of sulfone groups is 1. The molecule has 2 aromatic rings. The topological polar surface area (TPSA) is 111 Å². The predicted molar refractivity (Wildman–Crippen MR) is 102 cm³/mol. The first-order chi connectivity index (χ1) is 13.5. The lowest BCUT2D eigenvalue weighted by Gasteiger charge is -2.14. The van der Waals surface area contributed by atoms with E-state index in [-0.39, 0.29) is 34.8 Å². The maximum Gasteiger partial charge on any atom is 0.315 e. The van der Waals surface area contributed by atoms with E-state index in [4.69, 9.17) is 9.26 Å². The second kappa shape index (κ2) is 9.18. The zero-order valence-corrected chi connectivity index (χ0v) is 16.7. The average Bonchev–Trinajstić information content (AvgIpc) is 3.04. The van der Waals surface area contributed by atoms with E-state index in [1.165, 1.54) is 32.1 Å². The van der Waals surface area contributed by atoms with E-state index < -0.39 is 15.7 Å². The molecule has 28 heavy (non-hydrogen) atoms. The molecule has 1 saturated carbocycles. The molecule has 1 amide bonds. The molecular weight excluding hydrogens is 382 g/mol. The molecule has 1 N–H and O–H groups in total. The van der Waals surface area contributed by atoms with E-state index >= 15 is 0 Å². The fourth-order valence-corrected chi connectivity index (χ4v) is 4.48. The molecule has 0 aliphatic heterocycles. The number of nitrogens with zero attached hydrogens (tertiary/aromatic N) is 2. The summed E-state index contributed by atoms with van der Waals surface area (Å²) in [6, 6.07) is 6.31. The second-order valence-electron chi connectivity index (χ2n) is 6.92. The second-order valence-corrected chi connectivity index (χ2v) is 9.03. The lowest BCUT2D eigenvalue weighted by Crippen LogP contribution is -2.34. The first-order valence-corrected chi connectivity index (χ1v) is 11.1. The average molecular weight is 407 g/mol. The van der Waals surface area contributed by atoms with Gasteiger partial charge in [0.1, 0.15) is 5.75 Å². The Morgan fingerprint density at radius 2 is 1.86 bits per heavy atom. The molecule has 1 aromatic carbocycles. The molecule has 1 aliphatic rings. The number of rotatable bonds is 7. The molecule has 152 valence electrons. The third-order valence-electron chi connectivity index (χ3n) is 4.87. The first-order valence-electron chi connectivity index (χ1n) is 9.48. The minimum absolute atomic E-state index is 0.0641. The van der Waals surface area contributed by atoms with Gasteiger partial charge in [0.2, 0.25) is 0 Å². The highest BCUT2D eigenvalue weighted by molar-refractivity contribution is 7.91. The van der Waals surface area contributed by atoms with Crippen molar-refractivity contribution in [1.82, 2.24) is 15.5 Å². The van der Waals surface area contributed by atoms with Crippen molar-refractivity contribution >= 4 is 15.7 Å². The summed E-state index contributed by atoms with van der Waals surface area (Å²) in [5.74, 6) is 0.0806. The summed E-state index contributed by atoms with van der Waals surface area (Å²) in [5, 5.41) is 6.67. The lowest BCUT2D eigenvalue weighted by molar-refractivity contribution is 0.0889. The Morgan fingerprint density at radius 1 is 1.18 bits per heavy atom. The summed E-state index contributed by atoms with van der Waals surface area (Å²) in [5.41, 5.74) is 0. The van der Waals surface area contributed by atoms with Crippen molar-refractivity contribution in [3.8, 4) is 5.75 Å². The Labute approximate surface area is 164 Å². The summed E-state index contributed by atoms with van der Waals surface area (Å²) in [6.07, 6.45) is 6.56. The van der Waals surface area contributed by atoms with Gasteiger partial charge in [-0.1, -0.05) is 30.8 Å². The van der Waals surface area contributed by atoms with Gasteiger partial charge in [-0.25, -0.2) is 8.42 Å². The van der Waals surface area contributed by atoms with Crippen molar-refractivity contribution in [1.29, 1.82) is 0 Å². The van der Waals surface area contributed by atoms with Gasteiger partial charge < -0.3 is 14.6 Å². The van der Waals surface area contributed by atoms with Crippen molar-refractivity contribution in [2.75, 3.05) is 12.9 Å². The molecule has 0 bridgehead atoms. The molecule has 9 heteroatoms. The van der Waals surface area contributed by atoms with Crippen LogP contribution in [0.5, 0.6) is 5.75 Å². The van der Waals surface area contributed by atoms with Crippen LogP contribution in [-0.2, 0) is 16.3 Å². The van der Waals surface area contributed by atoms with Crippen LogP contribution in [0.3, 0.4) is 0 Å². The van der Waals surface area contributed by atoms with Crippen LogP contribution in [0.1, 0.15) is 55.0 Å². The lowest BCUT2D eigenvalue weighted by atomic mass is 10.1. The minimum atomic E-state index is -3.50. The number of nitrogens with one attached hydrogen (secondary N) is 1. The summed E-state index contributed by atoms with van der Waals surface area (Å²) in [4.78, 5) is 16.5. The number of aromatic nitrogens is 2. The molecule has 8 nitrogen and oxygen atoms in total. The fraction of sp³-hybridized carbons (Fsp3) is 0.526. The number of benzene rings is 1. The van der Waals surface area contributed by atoms with Crippen LogP contribution in [0.25, 0.3) is 0 Å². The van der Waals surface area contributed by atoms with Gasteiger partial charge in [-0.2, -0.15) is 4.98 Å². The van der Waals surface area contributed by atoms with E-state index in [9.17, 15) is 13.2 Å². The maximum atomic E-state index is 12.4. The largest absolute Gasteiger partial charge is 0.497 e. The summed E-state index contributed by atoms with van der Waals surface area (Å²) >= 11 is 0. The molecule has 0 atom stereocenters. The monoisotopic (exact) mass is 407 g/mol. The van der Waals surface area contributed by atoms with Crippen molar-refractivity contribution in [3.05, 3.63) is 36.0 Å². The van der Waals surface area contributed by atoms with Crippen LogP contribution in [-0.4, -0.2) is 43.4 Å². The summed E-state index contributed by atoms with van der Waals surface area (Å²) in [6.45, 7) is 0. The quantitative estimate of drug-likeness (QED) is 0.702. The van der Waals surface area contributed by atoms with Gasteiger partial charge in [-0.05, 0) is 37.1 Å². The SMILES string of the molecule is COc1ccc(S(=O)(=O)CCc2noc(C(=O)NC3CCCCCC3)n2)cc1. The summed E-state index contributed by atoms with van der Waals surface area (Å²) < 4.78 is 34.9. The van der Waals surface area contributed by atoms with E-state index in [0.717, 1.165) is 25.7 Å². The van der Waals surface area contributed by atoms with Gasteiger partial charge in [-0.15, -0.1) is 0 Å². The maximum absolute atomic E-state index is 12.4. The Morgan fingerprint density at radius 3 is 2.50 bits per heavy atom. The standard InChI is InChI=1S/C19H25N3O5S/c1-26-15-8-10-16(11-9-15)28(24,25)13-12-17-21-19(27-22-17)18(23)20-14-6-4-2-3-5-7-14/h8-11,14H,2-7,12-13H2,1H3,(H,20,23). The molecule has 0 radical (unpaired) electrons. The molecule has 1 heterocycles. The van der Waals surface area contributed by atoms with Gasteiger partial charge in [0.15, 0.2) is 15.7 Å². The predicted octanol–water partition coefficient (Wildman–Crippen LogP) is 2.55. The van der Waals surface area contributed by atoms with Crippen LogP contribution in [0.4, 0.5) is 0 Å². The minimum Gasteiger partial charge on any atom is -0.497 e. The number of amides is 1. The molecule has 1 aliphatic carbocycles. The van der Waals surface area contributed by atoms with Crippen molar-refractivity contribution < 1.29 is 22.5 Å². The van der Waals surface area contributed by atoms with Crippen LogP contribution in [0, 0.1) is 0 Å². The third-order valence-corrected chi connectivity index (χ3v) is 6.60. The van der Waals surface area contributed by atoms with Gasteiger partial charge in [0.25, 0.3) is 0 Å². The number of hydrogen-bond donors (Lipinski definition) is 1. The molecule has 1 fully saturated rings. The smallest absolute Gasteiger partial charge is 0.315 e. The zero-order chi connectivity index (χ0) is 20.0. The first kappa shape index (κ1) is 20.3. The molecular formula is C19H25N3O5S. The fourth-order valence-electron chi connectivity index (χ4n) is 3.25. The number of hydrogen-bond acceptors (Lipinski definition) is 7. The van der Waals surface area contributed by atoms with Crippen LogP contribution in [0.2, 0.25) is 0 Å². The number of ether oxygens (including phenoxy) is 1. The van der Waals surface area contributed by atoms with Crippen molar-refractivity contribution in [2.24, 2.45) is 0 Å². The molecule has 0 spiro atoms. The molecule has 3 rings (SSSR count). The highest BCUT2D eigenvalue weighted by Crippen LogP contribution is 2.18. The Kier molecular flexibility index (Phi) is 6.66. The van der Waals surface area contributed by atoms with Gasteiger partial charge in [-0.3, -0.25) is 4.79 Å². The Bertz CT molecular complexity index is 885. The molecule has 0 unspecified atom stereocenters. The van der Waals surface area contributed by atoms with E-state index in [0.29, 0.717) is 5.75 Å². The Hall–Kier alpha value is -2.42. The third kappa shape index (κ3) is 5.31. The highest BCUT2D eigenvalue weighted by atomic mass is 32.2. The number of aryl methyl sites for hydroxylation is 1. The van der Waals surface area contributed by atoms with E-state index in [1.54, 1.807) is 12.1 Å². The number of carbonyl (C=O) groups is 1. The number of methoxy groups -OCH3 is 1. The van der Waals surface area contributed by atoms with Gasteiger partial charge in [0.05, 0.1) is 17.8 Å². The van der Waals surface area contributed by atoms with E-state index in [2.05, 4.69) is 15.5 Å². The van der Waals surface area contributed by atoms with Crippen molar-refractivity contribution in [2.45, 2.75) is 55.9 Å². The Balaban J connectivity index is 1.56. The molecule has 1 aromatic heterocycles. The van der Waals surface area contributed by atoms with Gasteiger partial charge in [0, 0.05) is 12.5 Å². The van der Waals surface area contributed by atoms with Gasteiger partial charge >= 0.3 is 11.8 Å². The van der Waals surface area contributed by atoms with Crippen LogP contribution >= 0.6 is 0 Å².